The third-order valence-electron chi connectivity index (χ3n) is 6.20. The molecule has 1 heterocycles. The molecule has 0 N–H and O–H groups in total. The number of amides is 1. The van der Waals surface area contributed by atoms with Gasteiger partial charge in [0.15, 0.2) is 6.10 Å². The second-order valence-electron chi connectivity index (χ2n) is 7.50. The van der Waals surface area contributed by atoms with E-state index in [9.17, 15) is 4.79 Å². The maximum absolute atomic E-state index is 13.1. The van der Waals surface area contributed by atoms with E-state index in [-0.39, 0.29) is 23.5 Å². The van der Waals surface area contributed by atoms with Gasteiger partial charge < -0.3 is 14.4 Å². The van der Waals surface area contributed by atoms with E-state index < -0.39 is 6.10 Å². The Morgan fingerprint density at radius 1 is 1.44 bits per heavy atom. The maximum Gasteiger partial charge on any atom is 0.256 e. The van der Waals surface area contributed by atoms with E-state index in [2.05, 4.69) is 12.0 Å². The minimum Gasteiger partial charge on any atom is -0.378 e. The predicted octanol–water partition coefficient (Wildman–Crippen LogP) is 2.69. The van der Waals surface area contributed by atoms with Crippen molar-refractivity contribution in [2.75, 3.05) is 20.8 Å². The van der Waals surface area contributed by atoms with Crippen molar-refractivity contribution in [2.45, 2.75) is 63.7 Å². The highest BCUT2D eigenvalue weighted by Crippen LogP contribution is 2.55. The first-order valence-electron chi connectivity index (χ1n) is 9.43. The molecule has 6 nitrogen and oxygen atoms in total. The van der Waals surface area contributed by atoms with E-state index in [4.69, 9.17) is 9.47 Å². The molecule has 0 bridgehead atoms. The fourth-order valence-electron chi connectivity index (χ4n) is 4.86. The molecular formula is C19H31N3O3. The average molecular weight is 349 g/mol. The zero-order valence-electron chi connectivity index (χ0n) is 15.9. The molecule has 3 atom stereocenters. The minimum atomic E-state index is -0.592. The van der Waals surface area contributed by atoms with Crippen molar-refractivity contribution in [2.24, 2.45) is 12.5 Å². The molecule has 1 amide bonds. The largest absolute Gasteiger partial charge is 0.378 e. The van der Waals surface area contributed by atoms with Crippen LogP contribution in [-0.4, -0.2) is 53.5 Å². The molecule has 2 saturated carbocycles. The fraction of sp³-hybridized carbons (Fsp3) is 0.789. The summed E-state index contributed by atoms with van der Waals surface area (Å²) in [7, 11) is 5.36. The smallest absolute Gasteiger partial charge is 0.256 e. The molecule has 2 aliphatic carbocycles. The molecule has 1 aromatic heterocycles. The van der Waals surface area contributed by atoms with E-state index in [0.29, 0.717) is 0 Å². The summed E-state index contributed by atoms with van der Waals surface area (Å²) >= 11 is 0. The number of hydrogen-bond acceptors (Lipinski definition) is 4. The molecule has 3 unspecified atom stereocenters. The summed E-state index contributed by atoms with van der Waals surface area (Å²) in [6.45, 7) is 2.80. The number of aromatic nitrogens is 2. The van der Waals surface area contributed by atoms with Crippen LogP contribution in [0.2, 0.25) is 0 Å². The van der Waals surface area contributed by atoms with Gasteiger partial charge in [0.05, 0.1) is 12.3 Å². The van der Waals surface area contributed by atoms with E-state index in [1.807, 2.05) is 25.2 Å². The van der Waals surface area contributed by atoms with Crippen LogP contribution in [0.15, 0.2) is 12.4 Å². The topological polar surface area (TPSA) is 56.6 Å². The molecule has 2 aliphatic rings. The first kappa shape index (κ1) is 18.4. The highest BCUT2D eigenvalue weighted by Gasteiger charge is 2.58. The molecule has 2 fully saturated rings. The average Bonchev–Trinajstić information content (AvgIpc) is 3.05. The molecule has 1 aromatic rings. The van der Waals surface area contributed by atoms with Gasteiger partial charge >= 0.3 is 0 Å². The van der Waals surface area contributed by atoms with Crippen LogP contribution in [0.3, 0.4) is 0 Å². The summed E-state index contributed by atoms with van der Waals surface area (Å²) in [5.41, 5.74) is 0.937. The van der Waals surface area contributed by atoms with Crippen molar-refractivity contribution in [1.82, 2.24) is 14.7 Å². The van der Waals surface area contributed by atoms with Crippen molar-refractivity contribution in [3.63, 3.8) is 0 Å². The Morgan fingerprint density at radius 2 is 2.16 bits per heavy atom. The van der Waals surface area contributed by atoms with Gasteiger partial charge in [0, 0.05) is 51.0 Å². The third kappa shape index (κ3) is 3.22. The van der Waals surface area contributed by atoms with Gasteiger partial charge in [-0.15, -0.1) is 0 Å². The van der Waals surface area contributed by atoms with Gasteiger partial charge in [-0.3, -0.25) is 9.48 Å². The molecule has 1 spiro atoms. The first-order valence-corrected chi connectivity index (χ1v) is 9.43. The number of aryl methyl sites for hydroxylation is 1. The Hall–Kier alpha value is -1.40. The van der Waals surface area contributed by atoms with Crippen LogP contribution < -0.4 is 0 Å². The summed E-state index contributed by atoms with van der Waals surface area (Å²) < 4.78 is 13.2. The SMILES string of the molecule is CCOC1CC(N(C)C(=O)C(OC)c2cnn(C)c2)C12CCCCC2. The Balaban J connectivity index is 1.76. The van der Waals surface area contributed by atoms with Crippen LogP contribution in [0.1, 0.15) is 57.1 Å². The summed E-state index contributed by atoms with van der Waals surface area (Å²) in [4.78, 5) is 15.1. The molecule has 3 rings (SSSR count). The lowest BCUT2D eigenvalue weighted by molar-refractivity contribution is -0.189. The molecule has 0 saturated heterocycles. The van der Waals surface area contributed by atoms with Crippen molar-refractivity contribution in [1.29, 1.82) is 0 Å². The molecule has 140 valence electrons. The normalized spacial score (nSPS) is 26.2. The summed E-state index contributed by atoms with van der Waals surface area (Å²) in [5, 5.41) is 4.17. The number of methoxy groups -OCH3 is 1. The zero-order valence-corrected chi connectivity index (χ0v) is 15.9. The molecule has 0 radical (unpaired) electrons. The van der Waals surface area contributed by atoms with E-state index in [0.717, 1.165) is 31.4 Å². The maximum atomic E-state index is 13.1. The monoisotopic (exact) mass is 349 g/mol. The van der Waals surface area contributed by atoms with Gasteiger partial charge in [-0.1, -0.05) is 19.3 Å². The van der Waals surface area contributed by atoms with E-state index in [1.165, 1.54) is 19.3 Å². The van der Waals surface area contributed by atoms with Crippen LogP contribution in [0, 0.1) is 5.41 Å². The molecule has 0 aromatic carbocycles. The molecule has 25 heavy (non-hydrogen) atoms. The molecule has 0 aliphatic heterocycles. The summed E-state index contributed by atoms with van der Waals surface area (Å²) in [6.07, 6.45) is 10.3. The van der Waals surface area contributed by atoms with Crippen LogP contribution in [-0.2, 0) is 21.3 Å². The van der Waals surface area contributed by atoms with E-state index >= 15 is 0 Å². The highest BCUT2D eigenvalue weighted by atomic mass is 16.5. The molecule has 6 heteroatoms. The van der Waals surface area contributed by atoms with Crippen molar-refractivity contribution < 1.29 is 14.3 Å². The van der Waals surface area contributed by atoms with Crippen LogP contribution in [0.5, 0.6) is 0 Å². The Bertz CT molecular complexity index is 594. The number of nitrogens with zero attached hydrogens (tertiary/aromatic N) is 3. The predicted molar refractivity (Wildman–Crippen MR) is 95.1 cm³/mol. The second-order valence-corrected chi connectivity index (χ2v) is 7.50. The first-order chi connectivity index (χ1) is 12.0. The summed E-state index contributed by atoms with van der Waals surface area (Å²) in [6, 6.07) is 0.242. The minimum absolute atomic E-state index is 0.0143. The van der Waals surface area contributed by atoms with Gasteiger partial charge in [0.2, 0.25) is 0 Å². The van der Waals surface area contributed by atoms with Crippen LogP contribution in [0.25, 0.3) is 0 Å². The Kier molecular flexibility index (Phi) is 5.49. The quantitative estimate of drug-likeness (QED) is 0.792. The third-order valence-corrected chi connectivity index (χ3v) is 6.20. The number of carbonyl (C=O) groups excluding carboxylic acids is 1. The van der Waals surface area contributed by atoms with Gasteiger partial charge in [0.25, 0.3) is 5.91 Å². The number of ether oxygens (including phenoxy) is 2. The van der Waals surface area contributed by atoms with Gasteiger partial charge in [-0.25, -0.2) is 0 Å². The fourth-order valence-corrected chi connectivity index (χ4v) is 4.86. The Labute approximate surface area is 150 Å². The molecular weight excluding hydrogens is 318 g/mol. The lowest BCUT2D eigenvalue weighted by Crippen LogP contribution is -2.66. The lowest BCUT2D eigenvalue weighted by atomic mass is 9.54. The van der Waals surface area contributed by atoms with Crippen LogP contribution in [0.4, 0.5) is 0 Å². The van der Waals surface area contributed by atoms with E-state index in [1.54, 1.807) is 18.0 Å². The second kappa shape index (κ2) is 7.46. The number of carbonyl (C=O) groups is 1. The van der Waals surface area contributed by atoms with Crippen molar-refractivity contribution in [3.05, 3.63) is 18.0 Å². The number of hydrogen-bond donors (Lipinski definition) is 0. The highest BCUT2D eigenvalue weighted by molar-refractivity contribution is 5.82. The Morgan fingerprint density at radius 3 is 2.72 bits per heavy atom. The standard InChI is InChI=1S/C19H31N3O3/c1-5-25-16-11-15(19(16)9-7-6-8-10-19)22(3)18(23)17(24-4)14-12-20-21(2)13-14/h12-13,15-17H,5-11H2,1-4H3. The lowest BCUT2D eigenvalue weighted by Gasteiger charge is -2.60. The summed E-state index contributed by atoms with van der Waals surface area (Å²) in [5.74, 6) is 0.0143. The number of likely N-dealkylation sites (N-methyl/N-ethyl adjacent to an activating group) is 1. The number of rotatable bonds is 6. The van der Waals surface area contributed by atoms with Gasteiger partial charge in [-0.05, 0) is 26.2 Å². The van der Waals surface area contributed by atoms with Gasteiger partial charge in [-0.2, -0.15) is 5.10 Å². The zero-order chi connectivity index (χ0) is 18.0. The van der Waals surface area contributed by atoms with Crippen LogP contribution >= 0.6 is 0 Å². The van der Waals surface area contributed by atoms with Crippen molar-refractivity contribution in [3.8, 4) is 0 Å². The van der Waals surface area contributed by atoms with Crippen molar-refractivity contribution >= 4 is 5.91 Å². The van der Waals surface area contributed by atoms with Gasteiger partial charge in [0.1, 0.15) is 0 Å².